The third-order valence-electron chi connectivity index (χ3n) is 9.00. The summed E-state index contributed by atoms with van der Waals surface area (Å²) in [5.41, 5.74) is 2.24. The van der Waals surface area contributed by atoms with Crippen LogP contribution in [0.4, 0.5) is 65.9 Å². The first-order chi connectivity index (χ1) is 31.9. The molecule has 0 atom stereocenters. The molecule has 4 aromatic rings. The minimum Gasteiger partial charge on any atom is -0.475 e. The van der Waals surface area contributed by atoms with E-state index in [2.05, 4.69) is 41.0 Å². The van der Waals surface area contributed by atoms with Crippen LogP contribution in [0.5, 0.6) is 5.88 Å². The first kappa shape index (κ1) is 59.1. The van der Waals surface area contributed by atoms with E-state index in [4.69, 9.17) is 44.3 Å². The average molecular weight is 1040 g/mol. The zero-order chi connectivity index (χ0) is 53.8. The summed E-state index contributed by atoms with van der Waals surface area (Å²) in [7, 11) is 3.53. The Bertz CT molecular complexity index is 2340. The number of hydrogen-bond acceptors (Lipinski definition) is 13. The number of carboxylic acid groups (broad SMARTS) is 4. The smallest absolute Gasteiger partial charge is 0.475 e. The summed E-state index contributed by atoms with van der Waals surface area (Å²) < 4.78 is 175. The zero-order valence-corrected chi connectivity index (χ0v) is 35.3. The van der Waals surface area contributed by atoms with Crippen LogP contribution in [-0.2, 0) is 37.4 Å². The van der Waals surface area contributed by atoms with Crippen LogP contribution in [-0.4, -0.2) is 153 Å². The van der Waals surface area contributed by atoms with E-state index < -0.39 is 66.1 Å². The molecule has 4 aromatic heterocycles. The number of aliphatic carboxylic acids is 4. The number of likely N-dealkylation sites (tertiary alicyclic amines) is 1. The van der Waals surface area contributed by atoms with E-state index in [-0.39, 0.29) is 24.2 Å². The first-order valence-corrected chi connectivity index (χ1v) is 18.8. The van der Waals surface area contributed by atoms with Crippen LogP contribution >= 0.6 is 0 Å². The second-order valence-electron chi connectivity index (χ2n) is 14.6. The molecule has 0 bridgehead atoms. The van der Waals surface area contributed by atoms with Crippen molar-refractivity contribution in [1.82, 2.24) is 44.5 Å². The number of aromatic amines is 1. The van der Waals surface area contributed by atoms with Gasteiger partial charge in [0.05, 0.1) is 30.1 Å². The molecule has 6 rings (SSSR count). The van der Waals surface area contributed by atoms with Gasteiger partial charge in [0.2, 0.25) is 11.7 Å². The van der Waals surface area contributed by atoms with Gasteiger partial charge in [0, 0.05) is 55.1 Å². The molecule has 70 heavy (non-hydrogen) atoms. The SMILES string of the molecule is CN(C)Cc1cc(OC2CCC(N3CC(CC#N)(n4cc(-c5ncnc6[nH]ccc56)cn4)C3)CC2)nc(C(F)(F)F)n1.O=C(O)C(F)(F)F.O=C(O)C(F)(F)F.O=C(O)C(F)(F)F.O=C(O)C(F)(F)F. The Morgan fingerprint density at radius 1 is 0.800 bits per heavy atom. The van der Waals surface area contributed by atoms with E-state index in [0.29, 0.717) is 38.4 Å². The largest absolute Gasteiger partial charge is 0.490 e. The number of ether oxygens (including phenoxy) is 1. The summed E-state index contributed by atoms with van der Waals surface area (Å²) in [5, 5.41) is 43.7. The molecule has 2 fully saturated rings. The number of nitrogens with one attached hydrogen (secondary N) is 1. The molecule has 1 aliphatic heterocycles. The fraction of sp³-hybridized carbons (Fsp3) is 0.500. The van der Waals surface area contributed by atoms with Gasteiger partial charge < -0.3 is 35.0 Å². The molecule has 0 radical (unpaired) electrons. The fourth-order valence-corrected chi connectivity index (χ4v) is 6.02. The molecule has 0 unspecified atom stereocenters. The molecular formula is C36H35F15N10O9. The summed E-state index contributed by atoms with van der Waals surface area (Å²) in [5.74, 6) is -12.2. The quantitative estimate of drug-likeness (QED) is 0.117. The number of aromatic nitrogens is 7. The van der Waals surface area contributed by atoms with Crippen molar-refractivity contribution in [3.05, 3.63) is 48.6 Å². The highest BCUT2D eigenvalue weighted by atomic mass is 19.4. The summed E-state index contributed by atoms with van der Waals surface area (Å²) in [6.07, 6.45) is -14.7. The number of fused-ring (bicyclic) bond motifs is 1. The van der Waals surface area contributed by atoms with Crippen LogP contribution in [0.2, 0.25) is 0 Å². The summed E-state index contributed by atoms with van der Waals surface area (Å²) in [6, 6.07) is 6.06. The molecule has 2 aliphatic rings. The van der Waals surface area contributed by atoms with Gasteiger partial charge in [-0.15, -0.1) is 0 Å². The Balaban J connectivity index is 0.000000487. The van der Waals surface area contributed by atoms with E-state index in [0.717, 1.165) is 35.1 Å². The predicted molar refractivity (Wildman–Crippen MR) is 201 cm³/mol. The van der Waals surface area contributed by atoms with Crippen molar-refractivity contribution >= 4 is 34.9 Å². The van der Waals surface area contributed by atoms with E-state index in [1.807, 2.05) is 23.1 Å². The van der Waals surface area contributed by atoms with Gasteiger partial charge >= 0.3 is 54.8 Å². The number of carbonyl (C=O) groups is 4. The lowest BCUT2D eigenvalue weighted by atomic mass is 9.82. The average Bonchev–Trinajstić information content (AvgIpc) is 3.90. The van der Waals surface area contributed by atoms with Crippen LogP contribution in [0.15, 0.2) is 37.1 Å². The lowest BCUT2D eigenvalue weighted by molar-refractivity contribution is -0.193. The van der Waals surface area contributed by atoms with E-state index in [9.17, 15) is 71.1 Å². The van der Waals surface area contributed by atoms with Gasteiger partial charge in [-0.05, 0) is 45.8 Å². The fourth-order valence-electron chi connectivity index (χ4n) is 6.02. The van der Waals surface area contributed by atoms with Crippen LogP contribution < -0.4 is 4.74 Å². The maximum absolute atomic E-state index is 13.4. The Morgan fingerprint density at radius 2 is 1.29 bits per heavy atom. The number of H-pyrrole nitrogens is 1. The number of nitriles is 1. The molecule has 0 aromatic carbocycles. The minimum atomic E-state index is -5.08. The second-order valence-corrected chi connectivity index (χ2v) is 14.6. The standard InChI is InChI=1S/C28H31F3N10O.4C2HF3O2/c1-39(2)14-19-11-23(38-26(37-19)28(29,30)31)42-21-5-3-20(4-6-21)40-15-27(16-40,8-9-32)41-13-18(12-36-41)24-22-7-10-33-25(22)35-17-34-24;4*3-2(4,5)1(6)7/h7,10-13,17,20-21H,3-6,8,14-16H2,1-2H3,(H,33,34,35);4*(H,6,7). The number of carboxylic acids is 4. The summed E-state index contributed by atoms with van der Waals surface area (Å²) in [6.45, 7) is 1.63. The number of halogens is 15. The van der Waals surface area contributed by atoms with Crippen molar-refractivity contribution in [1.29, 1.82) is 5.26 Å². The molecule has 34 heteroatoms. The predicted octanol–water partition coefficient (Wildman–Crippen LogP) is 6.54. The van der Waals surface area contributed by atoms with E-state index in [1.54, 1.807) is 25.2 Å². The topological polar surface area (TPSA) is 274 Å². The monoisotopic (exact) mass is 1040 g/mol. The van der Waals surface area contributed by atoms with Gasteiger partial charge in [-0.25, -0.2) is 34.1 Å². The van der Waals surface area contributed by atoms with Crippen molar-refractivity contribution in [2.24, 2.45) is 0 Å². The maximum atomic E-state index is 13.4. The van der Waals surface area contributed by atoms with Crippen LogP contribution in [0.25, 0.3) is 22.3 Å². The molecule has 5 heterocycles. The third kappa shape index (κ3) is 18.1. The molecule has 0 spiro atoms. The highest BCUT2D eigenvalue weighted by Crippen LogP contribution is 2.39. The minimum absolute atomic E-state index is 0.0373. The van der Waals surface area contributed by atoms with Gasteiger partial charge in [-0.3, -0.25) is 9.58 Å². The van der Waals surface area contributed by atoms with Crippen molar-refractivity contribution in [3.8, 4) is 23.2 Å². The first-order valence-electron chi connectivity index (χ1n) is 18.8. The molecular weight excluding hydrogens is 1000 g/mol. The van der Waals surface area contributed by atoms with Crippen LogP contribution in [0.1, 0.15) is 43.6 Å². The lowest BCUT2D eigenvalue weighted by Crippen LogP contribution is -2.65. The zero-order valence-electron chi connectivity index (χ0n) is 35.3. The summed E-state index contributed by atoms with van der Waals surface area (Å²) in [4.78, 5) is 58.8. The number of alkyl halides is 15. The Hall–Kier alpha value is -7.05. The van der Waals surface area contributed by atoms with Gasteiger partial charge in [0.25, 0.3) is 0 Å². The van der Waals surface area contributed by atoms with Gasteiger partial charge in [-0.1, -0.05) is 0 Å². The molecule has 0 amide bonds. The molecule has 1 saturated carbocycles. The number of nitrogens with zero attached hydrogens (tertiary/aromatic N) is 9. The van der Waals surface area contributed by atoms with Crippen molar-refractivity contribution in [3.63, 3.8) is 0 Å². The number of rotatable bonds is 8. The van der Waals surface area contributed by atoms with Crippen molar-refractivity contribution < 1.29 is 110 Å². The number of hydrogen-bond donors (Lipinski definition) is 5. The second kappa shape index (κ2) is 23.5. The molecule has 1 saturated heterocycles. The molecule has 5 N–H and O–H groups in total. The maximum Gasteiger partial charge on any atom is 0.490 e. The van der Waals surface area contributed by atoms with Crippen LogP contribution in [0, 0.1) is 11.3 Å². The van der Waals surface area contributed by atoms with Gasteiger partial charge in [0.1, 0.15) is 23.6 Å². The van der Waals surface area contributed by atoms with Crippen molar-refractivity contribution in [2.75, 3.05) is 27.2 Å². The normalized spacial score (nSPS) is 17.0. The highest BCUT2D eigenvalue weighted by molar-refractivity contribution is 5.90. The van der Waals surface area contributed by atoms with Crippen LogP contribution in [0.3, 0.4) is 0 Å². The van der Waals surface area contributed by atoms with Gasteiger partial charge in [-0.2, -0.15) is 81.2 Å². The Kier molecular flexibility index (Phi) is 19.8. The van der Waals surface area contributed by atoms with E-state index >= 15 is 0 Å². The molecule has 388 valence electrons. The Labute approximate surface area is 381 Å². The third-order valence-corrected chi connectivity index (χ3v) is 9.00. The van der Waals surface area contributed by atoms with Crippen molar-refractivity contribution in [2.45, 2.75) is 87.2 Å². The Morgan fingerprint density at radius 3 is 1.71 bits per heavy atom. The summed E-state index contributed by atoms with van der Waals surface area (Å²) >= 11 is 0. The highest BCUT2D eigenvalue weighted by Gasteiger charge is 2.48. The van der Waals surface area contributed by atoms with E-state index in [1.165, 1.54) is 12.4 Å². The molecule has 19 nitrogen and oxygen atoms in total. The van der Waals surface area contributed by atoms with Gasteiger partial charge in [0.15, 0.2) is 0 Å². The lowest BCUT2D eigenvalue weighted by Gasteiger charge is -2.53. The molecule has 1 aliphatic carbocycles.